The van der Waals surface area contributed by atoms with Gasteiger partial charge in [0.15, 0.2) is 23.0 Å². The van der Waals surface area contributed by atoms with Crippen LogP contribution in [0.3, 0.4) is 0 Å². The average molecular weight is 541 g/mol. The zero-order valence-electron chi connectivity index (χ0n) is 23.1. The second-order valence-electron chi connectivity index (χ2n) is 9.35. The number of rotatable bonds is 11. The van der Waals surface area contributed by atoms with Gasteiger partial charge in [-0.05, 0) is 49.2 Å². The van der Waals surface area contributed by atoms with Crippen LogP contribution >= 0.6 is 0 Å². The van der Waals surface area contributed by atoms with Crippen molar-refractivity contribution in [3.05, 3.63) is 47.0 Å². The number of quaternary nitrogens is 1. The van der Waals surface area contributed by atoms with Crippen molar-refractivity contribution in [1.29, 1.82) is 0 Å². The predicted molar refractivity (Wildman–Crippen MR) is 141 cm³/mol. The van der Waals surface area contributed by atoms with Crippen molar-refractivity contribution < 1.29 is 43.3 Å². The molecule has 1 unspecified atom stereocenters. The molecule has 2 heterocycles. The lowest BCUT2D eigenvalue weighted by molar-refractivity contribution is -0.896. The Labute approximate surface area is 228 Å². The Morgan fingerprint density at radius 1 is 0.974 bits per heavy atom. The minimum atomic E-state index is -0.925. The second kappa shape index (κ2) is 12.3. The maximum atomic E-state index is 13.9. The van der Waals surface area contributed by atoms with Crippen LogP contribution < -0.4 is 33.7 Å². The summed E-state index contributed by atoms with van der Waals surface area (Å²) in [6, 6.07) is 7.21. The van der Waals surface area contributed by atoms with E-state index in [9.17, 15) is 14.7 Å². The highest BCUT2D eigenvalue weighted by Gasteiger charge is 2.44. The molecule has 1 fully saturated rings. The number of hydrogen-bond donors (Lipinski definition) is 1. The molecule has 0 aromatic heterocycles. The van der Waals surface area contributed by atoms with Crippen LogP contribution in [0.2, 0.25) is 0 Å². The van der Waals surface area contributed by atoms with Gasteiger partial charge in [-0.3, -0.25) is 9.59 Å². The minimum Gasteiger partial charge on any atom is -0.872 e. The fraction of sp³-hybridized carbons (Fsp3) is 0.448. The third-order valence-corrected chi connectivity index (χ3v) is 7.27. The molecule has 0 spiro atoms. The summed E-state index contributed by atoms with van der Waals surface area (Å²) in [7, 11) is 4.47. The zero-order valence-corrected chi connectivity index (χ0v) is 23.1. The van der Waals surface area contributed by atoms with Gasteiger partial charge in [-0.2, -0.15) is 0 Å². The Bertz CT molecular complexity index is 1230. The summed E-state index contributed by atoms with van der Waals surface area (Å²) in [5.74, 6) is -0.0226. The van der Waals surface area contributed by atoms with Gasteiger partial charge in [0.2, 0.25) is 11.5 Å². The number of fused-ring (bicyclic) bond motifs is 1. The normalized spacial score (nSPS) is 18.0. The summed E-state index contributed by atoms with van der Waals surface area (Å²) in [4.78, 5) is 29.7. The van der Waals surface area contributed by atoms with Gasteiger partial charge in [-0.15, -0.1) is 0 Å². The molecular formula is C29H36N2O8. The Kier molecular flexibility index (Phi) is 8.86. The molecule has 1 amide bonds. The molecule has 1 N–H and O–H groups in total. The van der Waals surface area contributed by atoms with Crippen molar-refractivity contribution in [1.82, 2.24) is 4.90 Å². The molecule has 0 saturated carbocycles. The van der Waals surface area contributed by atoms with Crippen molar-refractivity contribution in [2.24, 2.45) is 0 Å². The summed E-state index contributed by atoms with van der Waals surface area (Å²) in [6.45, 7) is 8.05. The fourth-order valence-corrected chi connectivity index (χ4v) is 5.15. The molecule has 2 aliphatic heterocycles. The van der Waals surface area contributed by atoms with Crippen molar-refractivity contribution in [2.45, 2.75) is 26.3 Å². The first-order valence-corrected chi connectivity index (χ1v) is 13.2. The Morgan fingerprint density at radius 2 is 1.62 bits per heavy atom. The number of carbonyl (C=O) groups is 2. The Morgan fingerprint density at radius 3 is 2.21 bits per heavy atom. The monoisotopic (exact) mass is 540 g/mol. The molecule has 4 rings (SSSR count). The largest absolute Gasteiger partial charge is 0.872 e. The smallest absolute Gasteiger partial charge is 0.295 e. The first kappa shape index (κ1) is 28.1. The number of nitrogens with zero attached hydrogens (tertiary/aromatic N) is 1. The molecule has 10 heteroatoms. The van der Waals surface area contributed by atoms with E-state index in [1.54, 1.807) is 30.3 Å². The molecule has 2 aromatic carbocycles. The Balaban J connectivity index is 1.83. The van der Waals surface area contributed by atoms with Crippen molar-refractivity contribution in [3.63, 3.8) is 0 Å². The summed E-state index contributed by atoms with van der Waals surface area (Å²) in [6.07, 6.45) is 0.669. The van der Waals surface area contributed by atoms with Gasteiger partial charge in [0.05, 0.1) is 47.0 Å². The highest BCUT2D eigenvalue weighted by Crippen LogP contribution is 2.45. The number of Topliss-reactive ketones (excluding diaryl/α,β-unsaturated/α-hetero) is 1. The standard InChI is InChI=1S/C29H36N2O8/c1-6-30(7-2)11-8-12-31-25(19-16-22(35-3)28(37-5)23(17-19)36-4)24(27(33)29(31)34)26(32)18-9-10-20-21(15-18)39-14-13-38-20/h9-10,15-17,25,32H,6-8,11-14H2,1-5H3. The maximum absolute atomic E-state index is 13.9. The van der Waals surface area contributed by atoms with Crippen molar-refractivity contribution in [3.8, 4) is 28.7 Å². The van der Waals surface area contributed by atoms with E-state index in [-0.39, 0.29) is 11.1 Å². The fourth-order valence-electron chi connectivity index (χ4n) is 5.15. The van der Waals surface area contributed by atoms with Gasteiger partial charge in [-0.25, -0.2) is 0 Å². The quantitative estimate of drug-likeness (QED) is 0.256. The first-order chi connectivity index (χ1) is 18.9. The van der Waals surface area contributed by atoms with Crippen LogP contribution in [0.5, 0.6) is 28.7 Å². The molecule has 0 radical (unpaired) electrons. The number of ketones is 1. The summed E-state index contributed by atoms with van der Waals surface area (Å²) < 4.78 is 27.7. The molecule has 0 aliphatic carbocycles. The zero-order chi connectivity index (χ0) is 28.1. The lowest BCUT2D eigenvalue weighted by Crippen LogP contribution is -3.11. The second-order valence-corrected chi connectivity index (χ2v) is 9.35. The number of ether oxygens (including phenoxy) is 5. The lowest BCUT2D eigenvalue weighted by atomic mass is 9.94. The van der Waals surface area contributed by atoms with Crippen LogP contribution in [0.4, 0.5) is 0 Å². The number of hydrogen-bond acceptors (Lipinski definition) is 8. The molecule has 2 aliphatic rings. The summed E-state index contributed by atoms with van der Waals surface area (Å²) in [5.41, 5.74) is 0.628. The van der Waals surface area contributed by atoms with E-state index in [4.69, 9.17) is 23.7 Å². The van der Waals surface area contributed by atoms with Crippen LogP contribution in [0.1, 0.15) is 37.4 Å². The molecular weight excluding hydrogens is 504 g/mol. The van der Waals surface area contributed by atoms with Crippen LogP contribution in [-0.2, 0) is 9.59 Å². The molecule has 2 aromatic rings. The minimum absolute atomic E-state index is 0.124. The van der Waals surface area contributed by atoms with E-state index >= 15 is 0 Å². The van der Waals surface area contributed by atoms with Crippen LogP contribution in [0.15, 0.2) is 35.9 Å². The van der Waals surface area contributed by atoms with E-state index < -0.39 is 23.5 Å². The van der Waals surface area contributed by atoms with Crippen LogP contribution in [-0.4, -0.2) is 77.3 Å². The van der Waals surface area contributed by atoms with Crippen LogP contribution in [0.25, 0.3) is 5.76 Å². The van der Waals surface area contributed by atoms with E-state index in [0.717, 1.165) is 19.6 Å². The van der Waals surface area contributed by atoms with E-state index in [2.05, 4.69) is 13.8 Å². The lowest BCUT2D eigenvalue weighted by Gasteiger charge is -2.29. The molecule has 210 valence electrons. The summed E-state index contributed by atoms with van der Waals surface area (Å²) >= 11 is 0. The number of nitrogens with one attached hydrogen (secondary N) is 1. The molecule has 1 saturated heterocycles. The highest BCUT2D eigenvalue weighted by molar-refractivity contribution is 6.46. The number of likely N-dealkylation sites (tertiary alicyclic amines) is 1. The topological polar surface area (TPSA) is 111 Å². The van der Waals surface area contributed by atoms with Crippen LogP contribution in [0, 0.1) is 0 Å². The van der Waals surface area contributed by atoms with Crippen molar-refractivity contribution >= 4 is 17.4 Å². The van der Waals surface area contributed by atoms with Gasteiger partial charge in [0.25, 0.3) is 5.91 Å². The summed E-state index contributed by atoms with van der Waals surface area (Å²) in [5, 5.41) is 13.9. The Hall–Kier alpha value is -3.92. The van der Waals surface area contributed by atoms with Gasteiger partial charge < -0.3 is 38.6 Å². The first-order valence-electron chi connectivity index (χ1n) is 13.2. The van der Waals surface area contributed by atoms with Gasteiger partial charge in [0, 0.05) is 18.5 Å². The maximum Gasteiger partial charge on any atom is 0.295 e. The molecule has 1 atom stereocenters. The third-order valence-electron chi connectivity index (χ3n) is 7.27. The van der Waals surface area contributed by atoms with Gasteiger partial charge in [-0.1, -0.05) is 11.8 Å². The molecule has 10 nitrogen and oxygen atoms in total. The van der Waals surface area contributed by atoms with Gasteiger partial charge >= 0.3 is 0 Å². The third kappa shape index (κ3) is 5.47. The number of carbonyl (C=O) groups excluding carboxylic acids is 2. The van der Waals surface area contributed by atoms with E-state index in [1.807, 2.05) is 0 Å². The highest BCUT2D eigenvalue weighted by atomic mass is 16.6. The predicted octanol–water partition coefficient (Wildman–Crippen LogP) is 1.02. The van der Waals surface area contributed by atoms with E-state index in [1.165, 1.54) is 31.1 Å². The number of methoxy groups -OCH3 is 3. The average Bonchev–Trinajstić information content (AvgIpc) is 3.22. The molecule has 0 bridgehead atoms. The number of amides is 1. The van der Waals surface area contributed by atoms with Crippen molar-refractivity contribution in [2.75, 3.05) is 60.7 Å². The molecule has 39 heavy (non-hydrogen) atoms. The SMILES string of the molecule is CC[NH+](CC)CCCN1C(=O)C(=O)C(=C([O-])c2ccc3c(c2)OCCO3)C1c1cc(OC)c(OC)c(OC)c1. The van der Waals surface area contributed by atoms with Gasteiger partial charge in [0.1, 0.15) is 13.2 Å². The number of benzene rings is 2. The van der Waals surface area contributed by atoms with E-state index in [0.29, 0.717) is 60.5 Å².